The first-order valence-electron chi connectivity index (χ1n) is 20.2. The molecule has 11 N–H and O–H groups in total. The molecule has 2 unspecified atom stereocenters. The van der Waals surface area contributed by atoms with Crippen molar-refractivity contribution in [1.82, 2.24) is 37.4 Å². The van der Waals surface area contributed by atoms with Gasteiger partial charge in [-0.05, 0) is 74.8 Å². The number of benzene rings is 2. The van der Waals surface area contributed by atoms with Crippen molar-refractivity contribution >= 4 is 47.4 Å². The highest BCUT2D eigenvalue weighted by atomic mass is 16.6. The van der Waals surface area contributed by atoms with E-state index in [0.717, 1.165) is 6.08 Å². The quantitative estimate of drug-likeness (QED) is 0.0225. The summed E-state index contributed by atoms with van der Waals surface area (Å²) in [5.41, 5.74) is 12.6. The fraction of sp³-hybridized carbons (Fsp3) is 0.476. The van der Waals surface area contributed by atoms with Gasteiger partial charge in [-0.3, -0.25) is 28.8 Å². The topological polar surface area (TPSA) is 306 Å². The van der Waals surface area contributed by atoms with Crippen LogP contribution in [0.2, 0.25) is 0 Å². The number of unbranched alkanes of at least 4 members (excludes halogenated alkanes) is 1. The average molecular weight is 869 g/mol. The number of nitrogens with two attached hydrogens (primary N) is 1. The number of phenols is 1. The molecule has 0 aliphatic rings. The van der Waals surface area contributed by atoms with Gasteiger partial charge in [-0.15, -0.1) is 0 Å². The molecule has 0 aliphatic carbocycles. The normalized spacial score (nSPS) is 13.0. The highest BCUT2D eigenvalue weighted by molar-refractivity contribution is 5.95. The SMILES string of the molecule is CC(=O)OCCOC(=O)/C=C(/C)NNC(Cc1ccc(O)cc1)C(=O)NCC(=O)NCC(=O)N[C@@H](Cc1ccccc1)C(=O)NC(CC(C)C)C(=O)N[C@@H](CCCCN)C(=O)O. The molecule has 4 atom stereocenters. The number of allylic oxidation sites excluding steroid dienone is 1. The molecule has 2 aromatic carbocycles. The van der Waals surface area contributed by atoms with Gasteiger partial charge in [0.15, 0.2) is 0 Å². The summed E-state index contributed by atoms with van der Waals surface area (Å²) in [6.45, 7) is 5.36. The molecule has 20 nitrogen and oxygen atoms in total. The molecule has 0 bridgehead atoms. The van der Waals surface area contributed by atoms with Gasteiger partial charge in [0.05, 0.1) is 13.1 Å². The minimum atomic E-state index is -1.22. The zero-order valence-corrected chi connectivity index (χ0v) is 35.5. The van der Waals surface area contributed by atoms with Crippen LogP contribution in [0.3, 0.4) is 0 Å². The Hall–Kier alpha value is -6.54. The van der Waals surface area contributed by atoms with Crippen LogP contribution in [0.25, 0.3) is 0 Å². The lowest BCUT2D eigenvalue weighted by Gasteiger charge is -2.25. The predicted molar refractivity (Wildman–Crippen MR) is 225 cm³/mol. The third-order valence-corrected chi connectivity index (χ3v) is 8.81. The molecule has 0 spiro atoms. The van der Waals surface area contributed by atoms with Crippen molar-refractivity contribution in [1.29, 1.82) is 0 Å². The Kier molecular flexibility index (Phi) is 23.4. The molecule has 0 radical (unpaired) electrons. The summed E-state index contributed by atoms with van der Waals surface area (Å²) in [5, 5.41) is 32.0. The third-order valence-electron chi connectivity index (χ3n) is 8.81. The summed E-state index contributed by atoms with van der Waals surface area (Å²) in [5.74, 6) is -6.09. The van der Waals surface area contributed by atoms with Gasteiger partial charge >= 0.3 is 17.9 Å². The molecule has 20 heteroatoms. The molecule has 0 aromatic heterocycles. The molecular formula is C42H60N8O12. The van der Waals surface area contributed by atoms with Crippen molar-refractivity contribution in [2.24, 2.45) is 11.7 Å². The summed E-state index contributed by atoms with van der Waals surface area (Å²) in [6, 6.07) is 10.3. The van der Waals surface area contributed by atoms with Crippen LogP contribution in [-0.4, -0.2) is 115 Å². The monoisotopic (exact) mass is 868 g/mol. The first kappa shape index (κ1) is 51.6. The van der Waals surface area contributed by atoms with E-state index in [2.05, 4.69) is 37.4 Å². The fourth-order valence-corrected chi connectivity index (χ4v) is 5.69. The maximum atomic E-state index is 13.7. The standard InChI is InChI=1S/C42H60N8O12/c1-26(2)20-33(40(57)47-32(42(59)60)12-8-9-17-43)48-41(58)34(22-29-10-6-5-7-11-29)46-37(54)25-44-36(53)24-45-39(56)35(23-30-13-15-31(52)16-14-30)50-49-27(3)21-38(55)62-19-18-61-28(4)51/h5-7,10-11,13-16,21,26,32-35,49-50,52H,8-9,12,17-20,22-25,43H2,1-4H3,(H,44,53)(H,45,56)(H,46,54)(H,47,57)(H,48,58)(H,59,60)/b27-21-/t32-,33?,34-,35?/m0/s1. The second kappa shape index (κ2) is 28.1. The Balaban J connectivity index is 2.07. The molecular weight excluding hydrogens is 809 g/mol. The van der Waals surface area contributed by atoms with Crippen LogP contribution in [0.5, 0.6) is 5.75 Å². The van der Waals surface area contributed by atoms with E-state index in [4.69, 9.17) is 15.2 Å². The first-order chi connectivity index (χ1) is 29.5. The number of carboxylic acid groups (broad SMARTS) is 1. The molecule has 340 valence electrons. The number of amides is 5. The number of hydrogen-bond acceptors (Lipinski definition) is 14. The molecule has 2 aromatic rings. The fourth-order valence-electron chi connectivity index (χ4n) is 5.69. The van der Waals surface area contributed by atoms with E-state index < -0.39 is 84.7 Å². The third kappa shape index (κ3) is 21.6. The average Bonchev–Trinajstić information content (AvgIpc) is 3.22. The minimum absolute atomic E-state index is 0.0123. The molecule has 0 aliphatic heterocycles. The van der Waals surface area contributed by atoms with Gasteiger partial charge in [-0.25, -0.2) is 15.0 Å². The largest absolute Gasteiger partial charge is 0.508 e. The number of nitrogens with one attached hydrogen (secondary N) is 7. The van der Waals surface area contributed by atoms with Gasteiger partial charge in [0.25, 0.3) is 0 Å². The number of rotatable bonds is 28. The Bertz CT molecular complexity index is 1820. The highest BCUT2D eigenvalue weighted by Crippen LogP contribution is 2.12. The lowest BCUT2D eigenvalue weighted by molar-refractivity contribution is -0.147. The smallest absolute Gasteiger partial charge is 0.332 e. The number of aromatic hydroxyl groups is 1. The zero-order chi connectivity index (χ0) is 46.0. The lowest BCUT2D eigenvalue weighted by atomic mass is 10.0. The number of carboxylic acids is 1. The number of ether oxygens (including phenoxy) is 2. The van der Waals surface area contributed by atoms with Gasteiger partial charge in [0.1, 0.15) is 43.1 Å². The minimum Gasteiger partial charge on any atom is -0.508 e. The van der Waals surface area contributed by atoms with E-state index in [1.54, 1.807) is 42.5 Å². The van der Waals surface area contributed by atoms with Crippen molar-refractivity contribution in [2.45, 2.75) is 90.4 Å². The van der Waals surface area contributed by atoms with Gasteiger partial charge in [0.2, 0.25) is 29.5 Å². The Labute approximate surface area is 360 Å². The van der Waals surface area contributed by atoms with Crippen LogP contribution in [0.15, 0.2) is 66.4 Å². The van der Waals surface area contributed by atoms with Crippen molar-refractivity contribution < 1.29 is 58.0 Å². The van der Waals surface area contributed by atoms with Crippen molar-refractivity contribution in [3.8, 4) is 5.75 Å². The molecule has 2 rings (SSSR count). The maximum absolute atomic E-state index is 13.7. The summed E-state index contributed by atoms with van der Waals surface area (Å²) >= 11 is 0. The second-order valence-corrected chi connectivity index (χ2v) is 14.7. The number of aliphatic carboxylic acids is 1. The van der Waals surface area contributed by atoms with Crippen molar-refractivity contribution in [2.75, 3.05) is 32.8 Å². The first-order valence-corrected chi connectivity index (χ1v) is 20.2. The number of carbonyl (C=O) groups excluding carboxylic acids is 7. The van der Waals surface area contributed by atoms with Gasteiger partial charge in [0, 0.05) is 25.1 Å². The van der Waals surface area contributed by atoms with Crippen molar-refractivity contribution in [3.63, 3.8) is 0 Å². The Morgan fingerprint density at radius 3 is 1.92 bits per heavy atom. The van der Waals surface area contributed by atoms with E-state index in [9.17, 15) is 48.6 Å². The summed E-state index contributed by atoms with van der Waals surface area (Å²) in [6.07, 6.45) is 2.56. The molecule has 0 heterocycles. The van der Waals surface area contributed by atoms with Crippen LogP contribution in [0.4, 0.5) is 0 Å². The van der Waals surface area contributed by atoms with Crippen LogP contribution in [0, 0.1) is 5.92 Å². The maximum Gasteiger partial charge on any atom is 0.332 e. The molecule has 0 saturated heterocycles. The van der Waals surface area contributed by atoms with E-state index in [1.807, 2.05) is 13.8 Å². The van der Waals surface area contributed by atoms with Crippen LogP contribution in [0.1, 0.15) is 64.5 Å². The molecule has 0 saturated carbocycles. The highest BCUT2D eigenvalue weighted by Gasteiger charge is 2.30. The number of phenolic OH excluding ortho intramolecular Hbond substituents is 1. The van der Waals surface area contributed by atoms with Crippen LogP contribution >= 0.6 is 0 Å². The van der Waals surface area contributed by atoms with E-state index in [0.29, 0.717) is 30.5 Å². The number of hydrogen-bond donors (Lipinski definition) is 10. The number of esters is 2. The summed E-state index contributed by atoms with van der Waals surface area (Å²) in [7, 11) is 0. The second-order valence-electron chi connectivity index (χ2n) is 14.7. The van der Waals surface area contributed by atoms with Gasteiger partial charge in [-0.2, -0.15) is 0 Å². The number of carbonyl (C=O) groups is 8. The van der Waals surface area contributed by atoms with Crippen LogP contribution < -0.4 is 43.2 Å². The van der Waals surface area contributed by atoms with E-state index in [1.165, 1.54) is 26.0 Å². The van der Waals surface area contributed by atoms with E-state index >= 15 is 0 Å². The van der Waals surface area contributed by atoms with Crippen LogP contribution in [-0.2, 0) is 60.7 Å². The zero-order valence-electron chi connectivity index (χ0n) is 35.5. The van der Waals surface area contributed by atoms with Gasteiger partial charge < -0.3 is 57.4 Å². The molecule has 5 amide bonds. The Morgan fingerprint density at radius 2 is 1.29 bits per heavy atom. The van der Waals surface area contributed by atoms with Gasteiger partial charge in [-0.1, -0.05) is 56.3 Å². The molecule has 62 heavy (non-hydrogen) atoms. The predicted octanol–water partition coefficient (Wildman–Crippen LogP) is -0.403. The number of hydrazine groups is 1. The molecule has 0 fully saturated rings. The van der Waals surface area contributed by atoms with E-state index in [-0.39, 0.29) is 56.3 Å². The Morgan fingerprint density at radius 1 is 0.694 bits per heavy atom. The summed E-state index contributed by atoms with van der Waals surface area (Å²) < 4.78 is 9.68. The summed E-state index contributed by atoms with van der Waals surface area (Å²) in [4.78, 5) is 101. The lowest BCUT2D eigenvalue weighted by Crippen LogP contribution is -2.57. The van der Waals surface area contributed by atoms with Crippen molar-refractivity contribution in [3.05, 3.63) is 77.5 Å².